The number of rotatable bonds is 5. The molecule has 3 nitrogen and oxygen atoms in total. The van der Waals surface area contributed by atoms with Crippen LogP contribution in [0.1, 0.15) is 18.1 Å². The summed E-state index contributed by atoms with van der Waals surface area (Å²) in [6.07, 6.45) is 0. The lowest BCUT2D eigenvalue weighted by molar-refractivity contribution is 0.191. The van der Waals surface area contributed by atoms with Gasteiger partial charge in [-0.3, -0.25) is 0 Å². The third kappa shape index (κ3) is 4.68. The fourth-order valence-corrected chi connectivity index (χ4v) is 3.82. The molecule has 0 N–H and O–H groups in total. The molecule has 1 aliphatic heterocycles. The molecule has 0 atom stereocenters. The molecule has 0 saturated carbocycles. The second-order valence-corrected chi connectivity index (χ2v) is 7.48. The minimum atomic E-state index is 0.374. The molecule has 0 radical (unpaired) electrons. The Morgan fingerprint density at radius 3 is 2.50 bits per heavy atom. The highest BCUT2D eigenvalue weighted by atomic mass is 35.5. The summed E-state index contributed by atoms with van der Waals surface area (Å²) in [7, 11) is 0. The van der Waals surface area contributed by atoms with Gasteiger partial charge in [0, 0.05) is 41.8 Å². The predicted octanol–water partition coefficient (Wildman–Crippen LogP) is 4.89. The van der Waals surface area contributed by atoms with Crippen LogP contribution in [0.5, 0.6) is 5.75 Å². The van der Waals surface area contributed by atoms with Crippen LogP contribution in [0.4, 0.5) is 0 Å². The van der Waals surface area contributed by atoms with Gasteiger partial charge in [-0.25, -0.2) is 0 Å². The molecule has 0 aromatic heterocycles. The Morgan fingerprint density at radius 2 is 1.81 bits per heavy atom. The lowest BCUT2D eigenvalue weighted by Gasteiger charge is -2.36. The van der Waals surface area contributed by atoms with Crippen molar-refractivity contribution in [2.24, 2.45) is 0 Å². The molecule has 0 unspecified atom stereocenters. The van der Waals surface area contributed by atoms with E-state index in [2.05, 4.69) is 16.7 Å². The maximum atomic E-state index is 6.24. The normalized spacial score (nSPS) is 15.1. The molecular formula is C20H22Cl2N2OS. The van der Waals surface area contributed by atoms with E-state index in [0.29, 0.717) is 16.7 Å². The van der Waals surface area contributed by atoms with Crippen LogP contribution < -0.4 is 4.74 Å². The van der Waals surface area contributed by atoms with Gasteiger partial charge in [0.05, 0.1) is 5.56 Å². The third-order valence-electron chi connectivity index (χ3n) is 4.62. The van der Waals surface area contributed by atoms with Crippen molar-refractivity contribution in [1.29, 1.82) is 0 Å². The second kappa shape index (κ2) is 9.05. The summed E-state index contributed by atoms with van der Waals surface area (Å²) in [6, 6.07) is 13.4. The molecule has 0 aliphatic carbocycles. The van der Waals surface area contributed by atoms with Gasteiger partial charge in [-0.2, -0.15) is 0 Å². The summed E-state index contributed by atoms with van der Waals surface area (Å²) in [5, 5.41) is 1.22. The Bertz CT molecular complexity index is 776. The average molecular weight is 409 g/mol. The van der Waals surface area contributed by atoms with E-state index in [1.54, 1.807) is 6.07 Å². The van der Waals surface area contributed by atoms with E-state index in [9.17, 15) is 0 Å². The summed E-state index contributed by atoms with van der Waals surface area (Å²) in [6.45, 7) is 7.63. The summed E-state index contributed by atoms with van der Waals surface area (Å²) < 4.78 is 6.05. The van der Waals surface area contributed by atoms with Crippen molar-refractivity contribution in [3.8, 4) is 5.75 Å². The lowest BCUT2D eigenvalue weighted by atomic mass is 10.1. The highest BCUT2D eigenvalue weighted by molar-refractivity contribution is 7.80. The number of para-hydroxylation sites is 1. The lowest BCUT2D eigenvalue weighted by Crippen LogP contribution is -2.48. The van der Waals surface area contributed by atoms with Crippen molar-refractivity contribution in [2.75, 3.05) is 32.7 Å². The van der Waals surface area contributed by atoms with Crippen LogP contribution in [-0.2, 0) is 6.61 Å². The third-order valence-corrected chi connectivity index (χ3v) is 5.69. The van der Waals surface area contributed by atoms with Crippen LogP contribution in [0, 0.1) is 0 Å². The van der Waals surface area contributed by atoms with Crippen LogP contribution in [0.2, 0.25) is 10.0 Å². The van der Waals surface area contributed by atoms with E-state index < -0.39 is 0 Å². The quantitative estimate of drug-likeness (QED) is 0.654. The van der Waals surface area contributed by atoms with Crippen LogP contribution in [0.3, 0.4) is 0 Å². The van der Waals surface area contributed by atoms with Crippen molar-refractivity contribution in [3.05, 3.63) is 63.6 Å². The van der Waals surface area contributed by atoms with Gasteiger partial charge in [0.25, 0.3) is 0 Å². The first kappa shape index (κ1) is 19.4. The van der Waals surface area contributed by atoms with E-state index in [0.717, 1.165) is 54.6 Å². The Labute approximate surface area is 170 Å². The highest BCUT2D eigenvalue weighted by Gasteiger charge is 2.20. The molecule has 26 heavy (non-hydrogen) atoms. The van der Waals surface area contributed by atoms with Gasteiger partial charge in [-0.1, -0.05) is 60.5 Å². The van der Waals surface area contributed by atoms with Crippen LogP contribution in [-0.4, -0.2) is 47.5 Å². The van der Waals surface area contributed by atoms with Gasteiger partial charge in [0.15, 0.2) is 0 Å². The number of likely N-dealkylation sites (N-methyl/N-ethyl adjacent to an activating group) is 1. The molecule has 1 saturated heterocycles. The van der Waals surface area contributed by atoms with Crippen molar-refractivity contribution in [3.63, 3.8) is 0 Å². The van der Waals surface area contributed by atoms with E-state index in [1.807, 2.05) is 36.4 Å². The SMILES string of the molecule is CCN1CCN(C(=S)c2ccccc2OCc2ccc(Cl)cc2Cl)CC1. The Kier molecular flexibility index (Phi) is 6.76. The first-order chi connectivity index (χ1) is 12.6. The molecule has 6 heteroatoms. The monoisotopic (exact) mass is 408 g/mol. The maximum Gasteiger partial charge on any atom is 0.130 e. The number of nitrogens with zero attached hydrogens (tertiary/aromatic N) is 2. The molecule has 0 amide bonds. The van der Waals surface area contributed by atoms with Gasteiger partial charge in [0.1, 0.15) is 17.3 Å². The zero-order valence-corrected chi connectivity index (χ0v) is 17.1. The van der Waals surface area contributed by atoms with E-state index in [-0.39, 0.29) is 0 Å². The van der Waals surface area contributed by atoms with Crippen molar-refractivity contribution >= 4 is 40.4 Å². The van der Waals surface area contributed by atoms with Gasteiger partial charge < -0.3 is 14.5 Å². The molecule has 0 bridgehead atoms. The molecule has 1 aliphatic rings. The number of ether oxygens (including phenoxy) is 1. The van der Waals surface area contributed by atoms with Crippen molar-refractivity contribution in [2.45, 2.75) is 13.5 Å². The molecule has 1 heterocycles. The Hall–Kier alpha value is -1.33. The molecule has 2 aromatic carbocycles. The molecule has 1 fully saturated rings. The fraction of sp³-hybridized carbons (Fsp3) is 0.350. The number of hydrogen-bond acceptors (Lipinski definition) is 3. The van der Waals surface area contributed by atoms with Gasteiger partial charge in [-0.15, -0.1) is 0 Å². The van der Waals surface area contributed by atoms with E-state index in [4.69, 9.17) is 40.2 Å². The number of halogens is 2. The topological polar surface area (TPSA) is 15.7 Å². The predicted molar refractivity (Wildman–Crippen MR) is 113 cm³/mol. The zero-order chi connectivity index (χ0) is 18.5. The largest absolute Gasteiger partial charge is 0.488 e. The fourth-order valence-electron chi connectivity index (χ4n) is 3.00. The number of thiocarbonyl (C=S) groups is 1. The number of hydrogen-bond donors (Lipinski definition) is 0. The summed E-state index contributed by atoms with van der Waals surface area (Å²) in [5.41, 5.74) is 1.85. The van der Waals surface area contributed by atoms with Crippen LogP contribution in [0.25, 0.3) is 0 Å². The first-order valence-corrected chi connectivity index (χ1v) is 9.92. The zero-order valence-electron chi connectivity index (χ0n) is 14.8. The van der Waals surface area contributed by atoms with Gasteiger partial charge in [0.2, 0.25) is 0 Å². The standard InChI is InChI=1S/C20H22Cl2N2OS/c1-2-23-9-11-24(12-10-23)20(26)17-5-3-4-6-19(17)25-14-15-7-8-16(21)13-18(15)22/h3-8,13H,2,9-12,14H2,1H3. The molecule has 0 spiro atoms. The van der Waals surface area contributed by atoms with Crippen molar-refractivity contribution in [1.82, 2.24) is 9.80 Å². The number of piperazine rings is 1. The second-order valence-electron chi connectivity index (χ2n) is 6.25. The molecular weight excluding hydrogens is 387 g/mol. The smallest absolute Gasteiger partial charge is 0.130 e. The van der Waals surface area contributed by atoms with Gasteiger partial charge in [-0.05, 0) is 30.8 Å². The minimum Gasteiger partial charge on any atom is -0.488 e. The van der Waals surface area contributed by atoms with Crippen LogP contribution in [0.15, 0.2) is 42.5 Å². The van der Waals surface area contributed by atoms with Crippen LogP contribution >= 0.6 is 35.4 Å². The molecule has 3 rings (SSSR count). The number of benzene rings is 2. The minimum absolute atomic E-state index is 0.374. The summed E-state index contributed by atoms with van der Waals surface area (Å²) in [5.74, 6) is 0.779. The summed E-state index contributed by atoms with van der Waals surface area (Å²) >= 11 is 18.0. The average Bonchev–Trinajstić information content (AvgIpc) is 2.67. The first-order valence-electron chi connectivity index (χ1n) is 8.76. The van der Waals surface area contributed by atoms with Gasteiger partial charge >= 0.3 is 0 Å². The van der Waals surface area contributed by atoms with E-state index in [1.165, 1.54) is 0 Å². The molecule has 2 aromatic rings. The Balaban J connectivity index is 1.70. The maximum absolute atomic E-state index is 6.24. The summed E-state index contributed by atoms with van der Waals surface area (Å²) in [4.78, 5) is 5.54. The highest BCUT2D eigenvalue weighted by Crippen LogP contribution is 2.25. The Morgan fingerprint density at radius 1 is 1.08 bits per heavy atom. The molecule has 138 valence electrons. The van der Waals surface area contributed by atoms with Crippen molar-refractivity contribution < 1.29 is 4.74 Å². The van der Waals surface area contributed by atoms with E-state index >= 15 is 0 Å².